The van der Waals surface area contributed by atoms with E-state index in [0.717, 1.165) is 0 Å². The number of nitrogens with zero attached hydrogens (tertiary/aromatic N) is 1. The highest BCUT2D eigenvalue weighted by molar-refractivity contribution is 7.89. The molecule has 0 saturated heterocycles. The van der Waals surface area contributed by atoms with Gasteiger partial charge in [-0.05, 0) is 31.5 Å². The highest BCUT2D eigenvalue weighted by atomic mass is 32.2. The van der Waals surface area contributed by atoms with Crippen LogP contribution in [0.15, 0.2) is 33.7 Å². The van der Waals surface area contributed by atoms with Crippen molar-refractivity contribution in [2.45, 2.75) is 25.3 Å². The molecule has 7 heteroatoms. The lowest BCUT2D eigenvalue weighted by molar-refractivity contribution is 0.390. The monoisotopic (exact) mass is 281 g/mol. The van der Waals surface area contributed by atoms with Crippen LogP contribution in [0.3, 0.4) is 0 Å². The first-order valence-electron chi connectivity index (χ1n) is 5.66. The van der Waals surface area contributed by atoms with Crippen molar-refractivity contribution < 1.29 is 12.9 Å². The third-order valence-corrected chi connectivity index (χ3v) is 4.17. The number of rotatable bonds is 4. The van der Waals surface area contributed by atoms with Crippen LogP contribution in [0.1, 0.15) is 17.0 Å². The van der Waals surface area contributed by atoms with E-state index >= 15 is 0 Å². The van der Waals surface area contributed by atoms with Crippen LogP contribution in [0.2, 0.25) is 0 Å². The van der Waals surface area contributed by atoms with Crippen molar-refractivity contribution in [3.05, 3.63) is 41.3 Å². The van der Waals surface area contributed by atoms with Gasteiger partial charge >= 0.3 is 0 Å². The number of nitrogen functional groups attached to an aromatic ring is 1. The lowest BCUT2D eigenvalue weighted by Gasteiger charge is -2.08. The predicted molar refractivity (Wildman–Crippen MR) is 70.9 cm³/mol. The van der Waals surface area contributed by atoms with E-state index in [9.17, 15) is 8.42 Å². The maximum Gasteiger partial charge on any atom is 0.241 e. The minimum absolute atomic E-state index is 0.0773. The topological polar surface area (TPSA) is 98.2 Å². The Morgan fingerprint density at radius 1 is 1.32 bits per heavy atom. The number of benzene rings is 1. The summed E-state index contributed by atoms with van der Waals surface area (Å²) in [5.41, 5.74) is 7.19. The van der Waals surface area contributed by atoms with Gasteiger partial charge in [-0.3, -0.25) is 0 Å². The lowest BCUT2D eigenvalue weighted by Crippen LogP contribution is -2.24. The number of hydrogen-bond donors (Lipinski definition) is 2. The molecule has 0 fully saturated rings. The standard InChI is InChI=1S/C12H15N3O3S/c1-8-3-4-10(13)6-12(8)19(16,17)14-7-11-5-9(2)18-15-11/h3-6,14H,7,13H2,1-2H3. The summed E-state index contributed by atoms with van der Waals surface area (Å²) in [6.45, 7) is 3.54. The van der Waals surface area contributed by atoms with Gasteiger partial charge in [-0.1, -0.05) is 11.2 Å². The summed E-state index contributed by atoms with van der Waals surface area (Å²) >= 11 is 0. The molecular weight excluding hydrogens is 266 g/mol. The molecule has 6 nitrogen and oxygen atoms in total. The van der Waals surface area contributed by atoms with E-state index in [1.165, 1.54) is 6.07 Å². The Labute approximate surface area is 111 Å². The van der Waals surface area contributed by atoms with E-state index in [1.807, 2.05) is 0 Å². The average molecular weight is 281 g/mol. The van der Waals surface area contributed by atoms with Gasteiger partial charge in [0.1, 0.15) is 5.76 Å². The van der Waals surface area contributed by atoms with E-state index in [4.69, 9.17) is 10.3 Å². The summed E-state index contributed by atoms with van der Waals surface area (Å²) < 4.78 is 31.7. The second-order valence-electron chi connectivity index (χ2n) is 4.28. The number of aromatic nitrogens is 1. The smallest absolute Gasteiger partial charge is 0.241 e. The van der Waals surface area contributed by atoms with Crippen molar-refractivity contribution in [2.24, 2.45) is 0 Å². The summed E-state index contributed by atoms with van der Waals surface area (Å²) in [6.07, 6.45) is 0. The van der Waals surface area contributed by atoms with Crippen molar-refractivity contribution >= 4 is 15.7 Å². The Kier molecular flexibility index (Phi) is 3.59. The number of hydrogen-bond acceptors (Lipinski definition) is 5. The molecule has 0 unspecified atom stereocenters. The first-order chi connectivity index (χ1) is 8.88. The van der Waals surface area contributed by atoms with E-state index in [-0.39, 0.29) is 11.4 Å². The molecule has 0 saturated carbocycles. The van der Waals surface area contributed by atoms with Crippen LogP contribution >= 0.6 is 0 Å². The Balaban J connectivity index is 2.20. The van der Waals surface area contributed by atoms with Crippen LogP contribution in [0.25, 0.3) is 0 Å². The highest BCUT2D eigenvalue weighted by Gasteiger charge is 2.17. The fourth-order valence-electron chi connectivity index (χ4n) is 1.65. The van der Waals surface area contributed by atoms with Crippen molar-refractivity contribution in [1.82, 2.24) is 9.88 Å². The minimum Gasteiger partial charge on any atom is -0.399 e. The van der Waals surface area contributed by atoms with Crippen LogP contribution in [0.5, 0.6) is 0 Å². The summed E-state index contributed by atoms with van der Waals surface area (Å²) in [4.78, 5) is 0.174. The van der Waals surface area contributed by atoms with Gasteiger partial charge in [0.2, 0.25) is 10.0 Å². The number of anilines is 1. The minimum atomic E-state index is -3.61. The first-order valence-corrected chi connectivity index (χ1v) is 7.15. The Bertz CT molecular complexity index is 692. The second-order valence-corrected chi connectivity index (χ2v) is 6.01. The third kappa shape index (κ3) is 3.12. The Hall–Kier alpha value is -1.86. The van der Waals surface area contributed by atoms with Crippen LogP contribution in [0.4, 0.5) is 5.69 Å². The van der Waals surface area contributed by atoms with E-state index < -0.39 is 10.0 Å². The zero-order valence-corrected chi connectivity index (χ0v) is 11.5. The fourth-order valence-corrected chi connectivity index (χ4v) is 2.93. The van der Waals surface area contributed by atoms with Crippen molar-refractivity contribution in [3.63, 3.8) is 0 Å². The molecule has 2 aromatic rings. The average Bonchev–Trinajstić information content (AvgIpc) is 2.76. The van der Waals surface area contributed by atoms with Gasteiger partial charge in [0.15, 0.2) is 0 Å². The van der Waals surface area contributed by atoms with Crippen LogP contribution < -0.4 is 10.5 Å². The van der Waals surface area contributed by atoms with Gasteiger partial charge < -0.3 is 10.3 Å². The van der Waals surface area contributed by atoms with Gasteiger partial charge in [0.05, 0.1) is 17.1 Å². The molecule has 0 spiro atoms. The van der Waals surface area contributed by atoms with Gasteiger partial charge in [0.25, 0.3) is 0 Å². The van der Waals surface area contributed by atoms with Gasteiger partial charge in [0, 0.05) is 11.8 Å². The number of nitrogens with two attached hydrogens (primary N) is 1. The molecule has 102 valence electrons. The lowest BCUT2D eigenvalue weighted by atomic mass is 10.2. The van der Waals surface area contributed by atoms with Gasteiger partial charge in [-0.15, -0.1) is 0 Å². The summed E-state index contributed by atoms with van der Waals surface area (Å²) in [5.74, 6) is 0.634. The predicted octanol–water partition coefficient (Wildman–Crippen LogP) is 1.35. The fraction of sp³-hybridized carbons (Fsp3) is 0.250. The van der Waals surface area contributed by atoms with E-state index in [1.54, 1.807) is 32.0 Å². The Morgan fingerprint density at radius 3 is 2.68 bits per heavy atom. The maximum atomic E-state index is 12.2. The molecule has 0 atom stereocenters. The molecule has 0 aliphatic heterocycles. The number of sulfonamides is 1. The highest BCUT2D eigenvalue weighted by Crippen LogP contribution is 2.18. The molecule has 3 N–H and O–H groups in total. The van der Waals surface area contributed by atoms with E-state index in [0.29, 0.717) is 22.7 Å². The summed E-state index contributed by atoms with van der Waals surface area (Å²) in [6, 6.07) is 6.44. The zero-order chi connectivity index (χ0) is 14.0. The quantitative estimate of drug-likeness (QED) is 0.824. The third-order valence-electron chi connectivity index (χ3n) is 2.62. The van der Waals surface area contributed by atoms with Gasteiger partial charge in [-0.25, -0.2) is 13.1 Å². The van der Waals surface area contributed by atoms with Gasteiger partial charge in [-0.2, -0.15) is 0 Å². The van der Waals surface area contributed by atoms with Crippen LogP contribution in [0, 0.1) is 13.8 Å². The summed E-state index contributed by atoms with van der Waals surface area (Å²) in [7, 11) is -3.61. The SMILES string of the molecule is Cc1cc(CNS(=O)(=O)c2cc(N)ccc2C)no1. The van der Waals surface area contributed by atoms with Crippen molar-refractivity contribution in [1.29, 1.82) is 0 Å². The molecule has 1 aromatic carbocycles. The van der Waals surface area contributed by atoms with Crippen molar-refractivity contribution in [2.75, 3.05) is 5.73 Å². The van der Waals surface area contributed by atoms with Crippen LogP contribution in [-0.4, -0.2) is 13.6 Å². The molecule has 1 heterocycles. The molecule has 0 aliphatic carbocycles. The zero-order valence-electron chi connectivity index (χ0n) is 10.7. The van der Waals surface area contributed by atoms with Crippen molar-refractivity contribution in [3.8, 4) is 0 Å². The Morgan fingerprint density at radius 2 is 2.05 bits per heavy atom. The number of aryl methyl sites for hydroxylation is 2. The molecule has 2 rings (SSSR count). The molecule has 0 amide bonds. The second kappa shape index (κ2) is 5.02. The molecule has 0 bridgehead atoms. The largest absolute Gasteiger partial charge is 0.399 e. The normalized spacial score (nSPS) is 11.7. The van der Waals surface area contributed by atoms with E-state index in [2.05, 4.69) is 9.88 Å². The number of nitrogens with one attached hydrogen (secondary N) is 1. The first kappa shape index (κ1) is 13.6. The molecule has 19 heavy (non-hydrogen) atoms. The molecular formula is C12H15N3O3S. The molecule has 0 aliphatic rings. The maximum absolute atomic E-state index is 12.2. The molecule has 1 aromatic heterocycles. The summed E-state index contributed by atoms with van der Waals surface area (Å²) in [5, 5.41) is 3.73. The molecule has 0 radical (unpaired) electrons. The van der Waals surface area contributed by atoms with Crippen LogP contribution in [-0.2, 0) is 16.6 Å².